The fraction of sp³-hybridized carbons (Fsp3) is 0.455. The van der Waals surface area contributed by atoms with E-state index in [1.165, 1.54) is 0 Å². The van der Waals surface area contributed by atoms with Crippen LogP contribution in [0.2, 0.25) is 10.0 Å². The molecule has 8 heteroatoms. The first-order valence-electron chi connectivity index (χ1n) is 5.57. The molecule has 19 heavy (non-hydrogen) atoms. The molecule has 1 aromatic rings. The number of nitrogens with zero attached hydrogens (tertiary/aromatic N) is 3. The van der Waals surface area contributed by atoms with Gasteiger partial charge in [-0.25, -0.2) is 10.8 Å². The van der Waals surface area contributed by atoms with E-state index in [0.29, 0.717) is 47.8 Å². The third kappa shape index (κ3) is 4.40. The average Bonchev–Trinajstić information content (AvgIpc) is 2.40. The van der Waals surface area contributed by atoms with Crippen LogP contribution < -0.4 is 16.2 Å². The monoisotopic (exact) mass is 303 g/mol. The second-order valence-corrected chi connectivity index (χ2v) is 4.47. The van der Waals surface area contributed by atoms with Gasteiger partial charge in [-0.2, -0.15) is 5.26 Å². The van der Waals surface area contributed by atoms with Gasteiger partial charge in [0.2, 0.25) is 0 Å². The number of rotatable bonds is 7. The maximum absolute atomic E-state index is 8.69. The Labute approximate surface area is 122 Å². The summed E-state index contributed by atoms with van der Waals surface area (Å²) in [6.07, 6.45) is 0.357. The van der Waals surface area contributed by atoms with Crippen LogP contribution in [0.4, 0.5) is 11.6 Å². The highest BCUT2D eigenvalue weighted by Crippen LogP contribution is 2.31. The summed E-state index contributed by atoms with van der Waals surface area (Å²) in [7, 11) is 1.60. The zero-order chi connectivity index (χ0) is 14.3. The lowest BCUT2D eigenvalue weighted by Crippen LogP contribution is -2.29. The second-order valence-electron chi connectivity index (χ2n) is 3.66. The zero-order valence-electron chi connectivity index (χ0n) is 10.5. The number of nitrogens with one attached hydrogen (secondary N) is 1. The number of methoxy groups -OCH3 is 1. The van der Waals surface area contributed by atoms with Crippen molar-refractivity contribution < 1.29 is 4.74 Å². The number of nitrogen functional groups attached to an aromatic ring is 1. The van der Waals surface area contributed by atoms with Crippen molar-refractivity contribution in [1.82, 2.24) is 4.98 Å². The first-order valence-corrected chi connectivity index (χ1v) is 6.33. The van der Waals surface area contributed by atoms with Gasteiger partial charge in [-0.05, 0) is 6.07 Å². The summed E-state index contributed by atoms with van der Waals surface area (Å²) in [4.78, 5) is 6.11. The first-order chi connectivity index (χ1) is 9.13. The number of halogens is 2. The van der Waals surface area contributed by atoms with Crippen molar-refractivity contribution in [3.05, 3.63) is 16.1 Å². The molecule has 1 heterocycles. The van der Waals surface area contributed by atoms with E-state index in [0.717, 1.165) is 0 Å². The molecule has 0 radical (unpaired) electrons. The minimum Gasteiger partial charge on any atom is -0.383 e. The number of hydrogen-bond acceptors (Lipinski definition) is 6. The molecule has 0 aliphatic rings. The lowest BCUT2D eigenvalue weighted by Gasteiger charge is -2.24. The largest absolute Gasteiger partial charge is 0.383 e. The Bertz CT molecular complexity index is 463. The molecule has 0 aliphatic carbocycles. The quantitative estimate of drug-likeness (QED) is 0.592. The summed E-state index contributed by atoms with van der Waals surface area (Å²) < 4.78 is 5.03. The van der Waals surface area contributed by atoms with Crippen LogP contribution in [-0.2, 0) is 4.74 Å². The number of nitrogens with two attached hydrogens (primary N) is 1. The summed E-state index contributed by atoms with van der Waals surface area (Å²) in [6.45, 7) is 1.56. The second kappa shape index (κ2) is 8.02. The lowest BCUT2D eigenvalue weighted by atomic mass is 10.3. The number of aromatic nitrogens is 1. The summed E-state index contributed by atoms with van der Waals surface area (Å²) in [5.74, 6) is 6.19. The third-order valence-electron chi connectivity index (χ3n) is 2.41. The molecule has 0 atom stereocenters. The van der Waals surface area contributed by atoms with Crippen LogP contribution in [0.25, 0.3) is 0 Å². The molecule has 0 aromatic carbocycles. The van der Waals surface area contributed by atoms with E-state index < -0.39 is 0 Å². The van der Waals surface area contributed by atoms with Crippen LogP contribution in [0.15, 0.2) is 6.07 Å². The highest BCUT2D eigenvalue weighted by molar-refractivity contribution is 6.37. The molecule has 6 nitrogen and oxygen atoms in total. The Kier molecular flexibility index (Phi) is 6.67. The van der Waals surface area contributed by atoms with Crippen molar-refractivity contribution in [2.75, 3.05) is 37.1 Å². The molecule has 0 saturated carbocycles. The van der Waals surface area contributed by atoms with Crippen molar-refractivity contribution >= 4 is 34.8 Å². The highest BCUT2D eigenvalue weighted by atomic mass is 35.5. The minimum absolute atomic E-state index is 0.334. The third-order valence-corrected chi connectivity index (χ3v) is 2.97. The number of anilines is 2. The lowest BCUT2D eigenvalue weighted by molar-refractivity contribution is 0.205. The van der Waals surface area contributed by atoms with Crippen molar-refractivity contribution in [3.8, 4) is 6.07 Å². The fourth-order valence-electron chi connectivity index (χ4n) is 1.49. The first kappa shape index (κ1) is 15.8. The topological polar surface area (TPSA) is 87.2 Å². The van der Waals surface area contributed by atoms with E-state index in [1.54, 1.807) is 13.2 Å². The van der Waals surface area contributed by atoms with Gasteiger partial charge in [0.1, 0.15) is 5.82 Å². The molecule has 1 aromatic heterocycles. The summed E-state index contributed by atoms with van der Waals surface area (Å²) >= 11 is 12.1. The zero-order valence-corrected chi connectivity index (χ0v) is 12.0. The predicted molar refractivity (Wildman–Crippen MR) is 76.4 cm³/mol. The molecule has 3 N–H and O–H groups in total. The molecule has 1 rings (SSSR count). The molecular formula is C11H15Cl2N5O. The van der Waals surface area contributed by atoms with Crippen LogP contribution in [-0.4, -0.2) is 31.8 Å². The van der Waals surface area contributed by atoms with Crippen LogP contribution in [0.3, 0.4) is 0 Å². The van der Waals surface area contributed by atoms with E-state index >= 15 is 0 Å². The molecule has 104 valence electrons. The van der Waals surface area contributed by atoms with Gasteiger partial charge in [-0.3, -0.25) is 0 Å². The van der Waals surface area contributed by atoms with Gasteiger partial charge < -0.3 is 15.1 Å². The average molecular weight is 304 g/mol. The molecule has 0 saturated heterocycles. The molecular weight excluding hydrogens is 289 g/mol. The number of hydrogen-bond donors (Lipinski definition) is 2. The van der Waals surface area contributed by atoms with E-state index in [1.807, 2.05) is 4.90 Å². The van der Waals surface area contributed by atoms with E-state index in [2.05, 4.69) is 16.5 Å². The van der Waals surface area contributed by atoms with Gasteiger partial charge in [0, 0.05) is 20.2 Å². The number of nitriles is 1. The van der Waals surface area contributed by atoms with E-state index in [4.69, 9.17) is 39.0 Å². The fourth-order valence-corrected chi connectivity index (χ4v) is 2.02. The van der Waals surface area contributed by atoms with E-state index in [9.17, 15) is 0 Å². The van der Waals surface area contributed by atoms with Gasteiger partial charge in [-0.1, -0.05) is 23.2 Å². The number of ether oxygens (including phenoxy) is 1. The standard InChI is InChI=1S/C11H15Cl2N5O/c1-19-6-5-18(4-2-3-14)11-9(13)7-8(12)10(16-11)17-15/h7H,2,4-6,15H2,1H3,(H,16,17). The Balaban J connectivity index is 3.02. The van der Waals surface area contributed by atoms with Gasteiger partial charge in [0.05, 0.1) is 29.1 Å². The Morgan fingerprint density at radius 1 is 1.47 bits per heavy atom. The summed E-state index contributed by atoms with van der Waals surface area (Å²) in [5, 5.41) is 9.42. The normalized spacial score (nSPS) is 10.1. The molecule has 0 unspecified atom stereocenters. The highest BCUT2D eigenvalue weighted by Gasteiger charge is 2.15. The van der Waals surface area contributed by atoms with E-state index in [-0.39, 0.29) is 0 Å². The number of hydrazine groups is 1. The van der Waals surface area contributed by atoms with Crippen LogP contribution in [0.1, 0.15) is 6.42 Å². The Morgan fingerprint density at radius 2 is 2.21 bits per heavy atom. The van der Waals surface area contributed by atoms with Gasteiger partial charge in [0.25, 0.3) is 0 Å². The maximum atomic E-state index is 8.69. The molecule has 0 fully saturated rings. The Hall–Kier alpha value is -1.26. The number of pyridine rings is 1. The van der Waals surface area contributed by atoms with Gasteiger partial charge >= 0.3 is 0 Å². The summed E-state index contributed by atoms with van der Waals surface area (Å²) in [6, 6.07) is 3.65. The van der Waals surface area contributed by atoms with Gasteiger partial charge in [-0.15, -0.1) is 0 Å². The molecule has 0 aliphatic heterocycles. The van der Waals surface area contributed by atoms with Crippen LogP contribution >= 0.6 is 23.2 Å². The van der Waals surface area contributed by atoms with Crippen LogP contribution in [0.5, 0.6) is 0 Å². The van der Waals surface area contributed by atoms with Crippen molar-refractivity contribution in [3.63, 3.8) is 0 Å². The maximum Gasteiger partial charge on any atom is 0.161 e. The minimum atomic E-state index is 0.334. The smallest absolute Gasteiger partial charge is 0.161 e. The Morgan fingerprint density at radius 3 is 2.79 bits per heavy atom. The van der Waals surface area contributed by atoms with Gasteiger partial charge in [0.15, 0.2) is 5.82 Å². The van der Waals surface area contributed by atoms with Crippen molar-refractivity contribution in [2.24, 2.45) is 5.84 Å². The van der Waals surface area contributed by atoms with Crippen molar-refractivity contribution in [1.29, 1.82) is 5.26 Å². The molecule has 0 amide bonds. The predicted octanol–water partition coefficient (Wildman–Crippen LogP) is 2.04. The van der Waals surface area contributed by atoms with Crippen molar-refractivity contribution in [2.45, 2.75) is 6.42 Å². The van der Waals surface area contributed by atoms with Crippen LogP contribution in [0, 0.1) is 11.3 Å². The SMILES string of the molecule is COCCN(CCC#N)c1nc(NN)c(Cl)cc1Cl. The molecule has 0 spiro atoms. The summed E-state index contributed by atoms with van der Waals surface area (Å²) in [5.41, 5.74) is 2.41. The molecule has 0 bridgehead atoms.